The molecular formula is C15H18N2O. The summed E-state index contributed by atoms with van der Waals surface area (Å²) in [4.78, 5) is 4.23. The van der Waals surface area contributed by atoms with E-state index < -0.39 is 0 Å². The molecule has 3 heteroatoms. The fourth-order valence-corrected chi connectivity index (χ4v) is 2.05. The fourth-order valence-electron chi connectivity index (χ4n) is 2.05. The van der Waals surface area contributed by atoms with Crippen molar-refractivity contribution < 1.29 is 4.74 Å². The second kappa shape index (κ2) is 5.54. The molecule has 2 rings (SSSR count). The number of rotatable bonds is 4. The van der Waals surface area contributed by atoms with E-state index in [1.165, 1.54) is 16.3 Å². The summed E-state index contributed by atoms with van der Waals surface area (Å²) in [6, 6.07) is 12.3. The van der Waals surface area contributed by atoms with Gasteiger partial charge in [0.05, 0.1) is 12.9 Å². The van der Waals surface area contributed by atoms with Crippen LogP contribution in [-0.2, 0) is 6.42 Å². The smallest absolute Gasteiger partial charge is 0.119 e. The molecule has 0 saturated heterocycles. The number of methoxy groups -OCH3 is 1. The van der Waals surface area contributed by atoms with Gasteiger partial charge in [0, 0.05) is 13.0 Å². The van der Waals surface area contributed by atoms with Crippen LogP contribution in [-0.4, -0.2) is 19.5 Å². The van der Waals surface area contributed by atoms with Gasteiger partial charge in [0.15, 0.2) is 0 Å². The maximum absolute atomic E-state index is 5.90. The van der Waals surface area contributed by atoms with Crippen molar-refractivity contribution in [2.75, 3.05) is 13.7 Å². The standard InChI is InChI=1S/C15H18N2O/c1-3-17-15(16)9-12-6-4-5-11-7-8-13(18-2)10-14(11)12/h4-8,10H,3,9H2,1-2H3,(H2,16,17). The minimum atomic E-state index is 0.674. The van der Waals surface area contributed by atoms with E-state index in [2.05, 4.69) is 23.2 Å². The molecule has 2 aromatic rings. The number of nitrogens with zero attached hydrogens (tertiary/aromatic N) is 1. The first kappa shape index (κ1) is 12.4. The monoisotopic (exact) mass is 242 g/mol. The van der Waals surface area contributed by atoms with E-state index in [0.29, 0.717) is 12.3 Å². The molecule has 0 aliphatic carbocycles. The van der Waals surface area contributed by atoms with Crippen LogP contribution < -0.4 is 10.5 Å². The molecule has 0 saturated carbocycles. The van der Waals surface area contributed by atoms with Gasteiger partial charge in [0.1, 0.15) is 5.75 Å². The van der Waals surface area contributed by atoms with Crippen LogP contribution in [0.1, 0.15) is 12.5 Å². The summed E-state index contributed by atoms with van der Waals surface area (Å²) in [6.07, 6.45) is 0.679. The highest BCUT2D eigenvalue weighted by molar-refractivity contribution is 5.92. The van der Waals surface area contributed by atoms with Gasteiger partial charge in [-0.1, -0.05) is 24.3 Å². The third-order valence-corrected chi connectivity index (χ3v) is 2.91. The summed E-state index contributed by atoms with van der Waals surface area (Å²) < 4.78 is 5.27. The van der Waals surface area contributed by atoms with Gasteiger partial charge < -0.3 is 10.5 Å². The van der Waals surface area contributed by atoms with Gasteiger partial charge in [-0.15, -0.1) is 0 Å². The number of benzene rings is 2. The number of hydrogen-bond donors (Lipinski definition) is 1. The van der Waals surface area contributed by atoms with Gasteiger partial charge in [-0.25, -0.2) is 0 Å². The molecule has 2 N–H and O–H groups in total. The molecule has 18 heavy (non-hydrogen) atoms. The lowest BCUT2D eigenvalue weighted by Crippen LogP contribution is -2.15. The lowest BCUT2D eigenvalue weighted by Gasteiger charge is -2.08. The van der Waals surface area contributed by atoms with E-state index in [-0.39, 0.29) is 0 Å². The molecule has 3 nitrogen and oxygen atoms in total. The third kappa shape index (κ3) is 2.62. The quantitative estimate of drug-likeness (QED) is 0.662. The molecule has 0 heterocycles. The molecule has 0 unspecified atom stereocenters. The lowest BCUT2D eigenvalue weighted by atomic mass is 10.0. The Bertz CT molecular complexity index is 576. The molecule has 2 aromatic carbocycles. The lowest BCUT2D eigenvalue weighted by molar-refractivity contribution is 0.415. The van der Waals surface area contributed by atoms with Crippen molar-refractivity contribution >= 4 is 16.6 Å². The van der Waals surface area contributed by atoms with Crippen LogP contribution >= 0.6 is 0 Å². The van der Waals surface area contributed by atoms with Gasteiger partial charge in [-0.2, -0.15) is 0 Å². The first-order chi connectivity index (χ1) is 8.74. The Morgan fingerprint density at radius 2 is 2.11 bits per heavy atom. The zero-order valence-corrected chi connectivity index (χ0v) is 10.8. The van der Waals surface area contributed by atoms with Crippen LogP contribution in [0.2, 0.25) is 0 Å². The number of aliphatic imine (C=N–C) groups is 1. The highest BCUT2D eigenvalue weighted by atomic mass is 16.5. The van der Waals surface area contributed by atoms with Gasteiger partial charge in [0.25, 0.3) is 0 Å². The van der Waals surface area contributed by atoms with Crippen LogP contribution in [0.5, 0.6) is 5.75 Å². The maximum atomic E-state index is 5.90. The predicted molar refractivity (Wildman–Crippen MR) is 76.4 cm³/mol. The van der Waals surface area contributed by atoms with Gasteiger partial charge in [0.2, 0.25) is 0 Å². The number of fused-ring (bicyclic) bond motifs is 1. The highest BCUT2D eigenvalue weighted by Crippen LogP contribution is 2.24. The van der Waals surface area contributed by atoms with Crippen molar-refractivity contribution in [1.29, 1.82) is 0 Å². The molecule has 0 aliphatic rings. The summed E-state index contributed by atoms with van der Waals surface area (Å²) in [5.41, 5.74) is 7.08. The molecule has 0 radical (unpaired) electrons. The van der Waals surface area contributed by atoms with E-state index in [4.69, 9.17) is 10.5 Å². The van der Waals surface area contributed by atoms with Crippen molar-refractivity contribution in [3.8, 4) is 5.75 Å². The molecule has 0 amide bonds. The van der Waals surface area contributed by atoms with E-state index >= 15 is 0 Å². The maximum Gasteiger partial charge on any atom is 0.119 e. The molecule has 94 valence electrons. The number of amidine groups is 1. The molecule has 0 spiro atoms. The largest absolute Gasteiger partial charge is 0.497 e. The van der Waals surface area contributed by atoms with Crippen molar-refractivity contribution in [3.63, 3.8) is 0 Å². The second-order valence-electron chi connectivity index (χ2n) is 4.15. The number of ether oxygens (including phenoxy) is 1. The Labute approximate surface area is 107 Å². The molecule has 0 aliphatic heterocycles. The van der Waals surface area contributed by atoms with Crippen molar-refractivity contribution in [2.24, 2.45) is 10.7 Å². The van der Waals surface area contributed by atoms with Crippen LogP contribution in [0.3, 0.4) is 0 Å². The van der Waals surface area contributed by atoms with E-state index in [9.17, 15) is 0 Å². The molecule has 0 atom stereocenters. The van der Waals surface area contributed by atoms with Crippen LogP contribution in [0, 0.1) is 0 Å². The van der Waals surface area contributed by atoms with Gasteiger partial charge in [-0.05, 0) is 35.4 Å². The summed E-state index contributed by atoms with van der Waals surface area (Å²) >= 11 is 0. The highest BCUT2D eigenvalue weighted by Gasteiger charge is 2.04. The first-order valence-electron chi connectivity index (χ1n) is 6.09. The number of hydrogen-bond acceptors (Lipinski definition) is 2. The molecule has 0 aromatic heterocycles. The average Bonchev–Trinajstić information content (AvgIpc) is 2.39. The zero-order chi connectivity index (χ0) is 13.0. The Morgan fingerprint density at radius 3 is 2.83 bits per heavy atom. The normalized spacial score (nSPS) is 11.8. The Morgan fingerprint density at radius 1 is 1.28 bits per heavy atom. The van der Waals surface area contributed by atoms with Crippen molar-refractivity contribution in [1.82, 2.24) is 0 Å². The van der Waals surface area contributed by atoms with E-state index in [0.717, 1.165) is 12.3 Å². The van der Waals surface area contributed by atoms with Crippen molar-refractivity contribution in [3.05, 3.63) is 42.0 Å². The van der Waals surface area contributed by atoms with Crippen LogP contribution in [0.25, 0.3) is 10.8 Å². The Hall–Kier alpha value is -2.03. The van der Waals surface area contributed by atoms with E-state index in [1.54, 1.807) is 7.11 Å². The van der Waals surface area contributed by atoms with E-state index in [1.807, 2.05) is 25.1 Å². The molecule has 0 fully saturated rings. The van der Waals surface area contributed by atoms with Gasteiger partial charge >= 0.3 is 0 Å². The van der Waals surface area contributed by atoms with Crippen molar-refractivity contribution in [2.45, 2.75) is 13.3 Å². The Balaban J connectivity index is 2.46. The van der Waals surface area contributed by atoms with Crippen LogP contribution in [0.4, 0.5) is 0 Å². The summed E-state index contributed by atoms with van der Waals surface area (Å²) in [5.74, 6) is 1.54. The van der Waals surface area contributed by atoms with Gasteiger partial charge in [-0.3, -0.25) is 4.99 Å². The Kier molecular flexibility index (Phi) is 3.82. The SMILES string of the molecule is CCN=C(N)Cc1cccc2ccc(OC)cc12. The molecular weight excluding hydrogens is 224 g/mol. The minimum absolute atomic E-state index is 0.674. The summed E-state index contributed by atoms with van der Waals surface area (Å²) in [5, 5.41) is 2.36. The van der Waals surface area contributed by atoms with Crippen LogP contribution in [0.15, 0.2) is 41.4 Å². The summed E-state index contributed by atoms with van der Waals surface area (Å²) in [6.45, 7) is 2.71. The third-order valence-electron chi connectivity index (χ3n) is 2.91. The average molecular weight is 242 g/mol. The first-order valence-corrected chi connectivity index (χ1v) is 6.09. The predicted octanol–water partition coefficient (Wildman–Crippen LogP) is 2.77. The number of nitrogens with two attached hydrogens (primary N) is 1. The fraction of sp³-hybridized carbons (Fsp3) is 0.267. The summed E-state index contributed by atoms with van der Waals surface area (Å²) in [7, 11) is 1.68. The zero-order valence-electron chi connectivity index (χ0n) is 10.8. The molecule has 0 bridgehead atoms. The topological polar surface area (TPSA) is 47.6 Å². The minimum Gasteiger partial charge on any atom is -0.497 e. The second-order valence-corrected chi connectivity index (χ2v) is 4.15.